The molecule has 0 amide bonds. The molecule has 0 spiro atoms. The molecule has 4 heteroatoms. The maximum atomic E-state index is 12.8. The Morgan fingerprint density at radius 2 is 2.18 bits per heavy atom. The molecule has 1 unspecified atom stereocenters. The Bertz CT molecular complexity index is 314. The second kappa shape index (κ2) is 7.35. The third-order valence-electron chi connectivity index (χ3n) is 2.34. The normalized spacial score (nSPS) is 13.0. The Morgan fingerprint density at radius 3 is 2.71 bits per heavy atom. The first kappa shape index (κ1) is 14.1. The van der Waals surface area contributed by atoms with Crippen molar-refractivity contribution in [3.8, 4) is 0 Å². The lowest BCUT2D eigenvalue weighted by Gasteiger charge is -2.19. The number of aromatic nitrogens is 1. The third-order valence-corrected chi connectivity index (χ3v) is 2.34. The zero-order chi connectivity index (χ0) is 12.7. The van der Waals surface area contributed by atoms with E-state index in [1.54, 1.807) is 6.07 Å². The van der Waals surface area contributed by atoms with Gasteiger partial charge in [-0.25, -0.2) is 4.39 Å². The first-order valence-corrected chi connectivity index (χ1v) is 6.10. The van der Waals surface area contributed by atoms with E-state index in [-0.39, 0.29) is 18.0 Å². The molecule has 1 rings (SSSR count). The Kier molecular flexibility index (Phi) is 6.08. The lowest BCUT2D eigenvalue weighted by Crippen LogP contribution is -2.28. The van der Waals surface area contributed by atoms with Crippen LogP contribution in [0.3, 0.4) is 0 Å². The molecular formula is C13H21FN2O. The molecule has 0 saturated carbocycles. The average Bonchev–Trinajstić information content (AvgIpc) is 2.30. The van der Waals surface area contributed by atoms with Crippen LogP contribution in [0.2, 0.25) is 0 Å². The number of hydrogen-bond donors (Lipinski definition) is 1. The van der Waals surface area contributed by atoms with Crippen LogP contribution >= 0.6 is 0 Å². The minimum atomic E-state index is -0.312. The van der Waals surface area contributed by atoms with E-state index >= 15 is 0 Å². The summed E-state index contributed by atoms with van der Waals surface area (Å²) >= 11 is 0. The van der Waals surface area contributed by atoms with Crippen LogP contribution in [0.5, 0.6) is 0 Å². The van der Waals surface area contributed by atoms with Crippen LogP contribution < -0.4 is 5.32 Å². The molecule has 0 bridgehead atoms. The lowest BCUT2D eigenvalue weighted by atomic mass is 10.2. The minimum Gasteiger partial charge on any atom is -0.377 e. The average molecular weight is 240 g/mol. The van der Waals surface area contributed by atoms with Crippen molar-refractivity contribution in [1.82, 2.24) is 10.3 Å². The predicted octanol–water partition coefficient (Wildman–Crippen LogP) is 2.69. The Labute approximate surface area is 102 Å². The second-order valence-electron chi connectivity index (χ2n) is 4.29. The van der Waals surface area contributed by atoms with Gasteiger partial charge in [0, 0.05) is 0 Å². The highest BCUT2D eigenvalue weighted by Gasteiger charge is 2.13. The second-order valence-corrected chi connectivity index (χ2v) is 4.29. The van der Waals surface area contributed by atoms with Crippen LogP contribution in [0.4, 0.5) is 4.39 Å². The molecule has 0 aliphatic carbocycles. The van der Waals surface area contributed by atoms with E-state index < -0.39 is 0 Å². The largest absolute Gasteiger partial charge is 0.377 e. The molecule has 0 aliphatic heterocycles. The zero-order valence-electron chi connectivity index (χ0n) is 10.7. The quantitative estimate of drug-likeness (QED) is 0.795. The van der Waals surface area contributed by atoms with Gasteiger partial charge in [0.05, 0.1) is 30.6 Å². The summed E-state index contributed by atoms with van der Waals surface area (Å²) in [6.45, 7) is 7.54. The number of hydrogen-bond acceptors (Lipinski definition) is 3. The summed E-state index contributed by atoms with van der Waals surface area (Å²) < 4.78 is 18.4. The van der Waals surface area contributed by atoms with Gasteiger partial charge in [-0.15, -0.1) is 0 Å². The topological polar surface area (TPSA) is 34.1 Å². The van der Waals surface area contributed by atoms with Crippen LogP contribution in [0.1, 0.15) is 38.9 Å². The molecule has 0 saturated heterocycles. The number of halogens is 1. The number of pyridine rings is 1. The summed E-state index contributed by atoms with van der Waals surface area (Å²) in [5, 5.41) is 3.35. The molecule has 1 aromatic heterocycles. The van der Waals surface area contributed by atoms with Crippen LogP contribution in [-0.4, -0.2) is 24.2 Å². The van der Waals surface area contributed by atoms with Crippen LogP contribution in [0.25, 0.3) is 0 Å². The molecule has 96 valence electrons. The fourth-order valence-electron chi connectivity index (χ4n) is 1.45. The van der Waals surface area contributed by atoms with E-state index in [4.69, 9.17) is 4.74 Å². The smallest absolute Gasteiger partial charge is 0.141 e. The van der Waals surface area contributed by atoms with Crippen molar-refractivity contribution >= 4 is 0 Å². The summed E-state index contributed by atoms with van der Waals surface area (Å²) in [7, 11) is 0. The first-order valence-electron chi connectivity index (χ1n) is 6.10. The zero-order valence-corrected chi connectivity index (χ0v) is 10.7. The van der Waals surface area contributed by atoms with Crippen molar-refractivity contribution in [2.75, 3.05) is 13.2 Å². The number of nitrogens with one attached hydrogen (secondary N) is 1. The Hall–Kier alpha value is -1.00. The number of ether oxygens (including phenoxy) is 1. The Morgan fingerprint density at radius 1 is 1.41 bits per heavy atom. The van der Waals surface area contributed by atoms with Gasteiger partial charge in [0.1, 0.15) is 5.82 Å². The van der Waals surface area contributed by atoms with E-state index in [1.807, 2.05) is 13.8 Å². The van der Waals surface area contributed by atoms with E-state index in [0.717, 1.165) is 18.7 Å². The van der Waals surface area contributed by atoms with Gasteiger partial charge in [-0.2, -0.15) is 0 Å². The molecule has 1 aromatic rings. The molecular weight excluding hydrogens is 219 g/mol. The van der Waals surface area contributed by atoms with E-state index in [0.29, 0.717) is 6.61 Å². The van der Waals surface area contributed by atoms with Gasteiger partial charge >= 0.3 is 0 Å². The Balaban J connectivity index is 2.63. The number of nitrogens with zero attached hydrogens (tertiary/aromatic N) is 1. The van der Waals surface area contributed by atoms with Crippen molar-refractivity contribution in [3.05, 3.63) is 29.8 Å². The molecule has 0 radical (unpaired) electrons. The van der Waals surface area contributed by atoms with Gasteiger partial charge < -0.3 is 10.1 Å². The van der Waals surface area contributed by atoms with Crippen molar-refractivity contribution in [2.24, 2.45) is 0 Å². The summed E-state index contributed by atoms with van der Waals surface area (Å²) in [5.41, 5.74) is 0.820. The number of rotatable bonds is 7. The van der Waals surface area contributed by atoms with Gasteiger partial charge in [-0.1, -0.05) is 6.92 Å². The fraction of sp³-hybridized carbons (Fsp3) is 0.615. The molecule has 0 aliphatic rings. The first-order chi connectivity index (χ1) is 8.13. The SMILES string of the molecule is CCCNC(COC(C)C)c1ccc(F)cn1. The molecule has 3 nitrogen and oxygen atoms in total. The molecule has 1 atom stereocenters. The van der Waals surface area contributed by atoms with Crippen molar-refractivity contribution < 1.29 is 9.13 Å². The van der Waals surface area contributed by atoms with Gasteiger partial charge in [0.2, 0.25) is 0 Å². The highest BCUT2D eigenvalue weighted by atomic mass is 19.1. The maximum absolute atomic E-state index is 12.8. The van der Waals surface area contributed by atoms with Gasteiger partial charge in [-0.3, -0.25) is 4.98 Å². The van der Waals surface area contributed by atoms with Crippen molar-refractivity contribution in [2.45, 2.75) is 39.3 Å². The van der Waals surface area contributed by atoms with Crippen LogP contribution in [0.15, 0.2) is 18.3 Å². The molecule has 1 N–H and O–H groups in total. The third kappa shape index (κ3) is 5.24. The van der Waals surface area contributed by atoms with Gasteiger partial charge in [-0.05, 0) is 38.9 Å². The minimum absolute atomic E-state index is 0.0259. The highest BCUT2D eigenvalue weighted by molar-refractivity contribution is 5.10. The summed E-state index contributed by atoms with van der Waals surface area (Å²) in [6, 6.07) is 3.16. The maximum Gasteiger partial charge on any atom is 0.141 e. The lowest BCUT2D eigenvalue weighted by molar-refractivity contribution is 0.0603. The predicted molar refractivity (Wildman–Crippen MR) is 66.3 cm³/mol. The van der Waals surface area contributed by atoms with Gasteiger partial charge in [0.25, 0.3) is 0 Å². The molecule has 1 heterocycles. The molecule has 17 heavy (non-hydrogen) atoms. The van der Waals surface area contributed by atoms with Crippen molar-refractivity contribution in [3.63, 3.8) is 0 Å². The van der Waals surface area contributed by atoms with E-state index in [9.17, 15) is 4.39 Å². The molecule has 0 aromatic carbocycles. The van der Waals surface area contributed by atoms with Crippen LogP contribution in [-0.2, 0) is 4.74 Å². The van der Waals surface area contributed by atoms with Crippen molar-refractivity contribution in [1.29, 1.82) is 0 Å². The summed E-state index contributed by atoms with van der Waals surface area (Å²) in [4.78, 5) is 4.09. The summed E-state index contributed by atoms with van der Waals surface area (Å²) in [6.07, 6.45) is 2.46. The fourth-order valence-corrected chi connectivity index (χ4v) is 1.45. The van der Waals surface area contributed by atoms with Crippen LogP contribution in [0, 0.1) is 5.82 Å². The van der Waals surface area contributed by atoms with E-state index in [1.165, 1.54) is 12.3 Å². The highest BCUT2D eigenvalue weighted by Crippen LogP contribution is 2.12. The summed E-state index contributed by atoms with van der Waals surface area (Å²) in [5.74, 6) is -0.312. The van der Waals surface area contributed by atoms with E-state index in [2.05, 4.69) is 17.2 Å². The standard InChI is InChI=1S/C13H21FN2O/c1-4-7-15-13(9-17-10(2)3)12-6-5-11(14)8-16-12/h5-6,8,10,13,15H,4,7,9H2,1-3H3. The molecule has 0 fully saturated rings. The monoisotopic (exact) mass is 240 g/mol. The van der Waals surface area contributed by atoms with Gasteiger partial charge in [0.15, 0.2) is 0 Å².